The Morgan fingerprint density at radius 1 is 1.03 bits per heavy atom. The molecule has 1 N–H and O–H groups in total. The van der Waals surface area contributed by atoms with Gasteiger partial charge in [-0.1, -0.05) is 73.1 Å². The van der Waals surface area contributed by atoms with Crippen molar-refractivity contribution in [1.29, 1.82) is 0 Å². The first-order chi connectivity index (χ1) is 15.0. The van der Waals surface area contributed by atoms with Gasteiger partial charge in [-0.15, -0.1) is 11.8 Å². The van der Waals surface area contributed by atoms with Gasteiger partial charge in [0.15, 0.2) is 0 Å². The molecule has 2 atom stereocenters. The zero-order valence-corrected chi connectivity index (χ0v) is 18.7. The van der Waals surface area contributed by atoms with Crippen LogP contribution in [0.1, 0.15) is 18.1 Å². The smallest absolute Gasteiger partial charge is 0.241 e. The molecule has 1 heterocycles. The van der Waals surface area contributed by atoms with Crippen LogP contribution in [0.15, 0.2) is 83.8 Å². The van der Waals surface area contributed by atoms with Crippen molar-refractivity contribution < 1.29 is 9.59 Å². The van der Waals surface area contributed by atoms with Crippen LogP contribution in [0.4, 0.5) is 5.69 Å². The van der Waals surface area contributed by atoms with E-state index >= 15 is 0 Å². The second-order valence-corrected chi connectivity index (χ2v) is 9.17. The number of carbonyl (C=O) groups is 2. The standard InChI is InChI=1S/C25H23ClN2O2S/c1-17(24(29)27-15-18-8-3-2-4-9-18)23-25(30)28(16-19-10-7-11-20(26)14-19)21-12-5-6-13-22(21)31-23/h2-14,17,23H,15-16H2,1H3,(H,27,29)/t17-,23-/m0/s1. The number of benzene rings is 3. The molecule has 0 fully saturated rings. The van der Waals surface area contributed by atoms with Crippen LogP contribution < -0.4 is 10.2 Å². The van der Waals surface area contributed by atoms with E-state index in [-0.39, 0.29) is 11.8 Å². The van der Waals surface area contributed by atoms with Gasteiger partial charge in [-0.2, -0.15) is 0 Å². The summed E-state index contributed by atoms with van der Waals surface area (Å²) >= 11 is 7.61. The van der Waals surface area contributed by atoms with Crippen molar-refractivity contribution in [1.82, 2.24) is 5.32 Å². The number of thioether (sulfide) groups is 1. The highest BCUT2D eigenvalue weighted by Gasteiger charge is 2.39. The monoisotopic (exact) mass is 450 g/mol. The fourth-order valence-electron chi connectivity index (χ4n) is 3.62. The molecule has 0 bridgehead atoms. The Balaban J connectivity index is 1.54. The maximum absolute atomic E-state index is 13.5. The van der Waals surface area contributed by atoms with E-state index in [0.717, 1.165) is 21.7 Å². The molecule has 2 amide bonds. The molecule has 3 aromatic rings. The molecule has 4 rings (SSSR count). The second-order valence-electron chi connectivity index (χ2n) is 7.55. The quantitative estimate of drug-likeness (QED) is 0.554. The van der Waals surface area contributed by atoms with Crippen LogP contribution in [0.3, 0.4) is 0 Å². The molecule has 6 heteroatoms. The molecule has 1 aliphatic heterocycles. The molecular weight excluding hydrogens is 428 g/mol. The van der Waals surface area contributed by atoms with Crippen LogP contribution in [-0.4, -0.2) is 17.1 Å². The Kier molecular flexibility index (Phi) is 6.64. The Morgan fingerprint density at radius 2 is 1.74 bits per heavy atom. The predicted molar refractivity (Wildman–Crippen MR) is 126 cm³/mol. The van der Waals surface area contributed by atoms with Crippen LogP contribution in [0.2, 0.25) is 5.02 Å². The molecule has 0 saturated heterocycles. The fourth-order valence-corrected chi connectivity index (χ4v) is 5.12. The average molecular weight is 451 g/mol. The molecule has 0 aromatic heterocycles. The molecule has 4 nitrogen and oxygen atoms in total. The van der Waals surface area contributed by atoms with Crippen molar-refractivity contribution in [3.63, 3.8) is 0 Å². The zero-order chi connectivity index (χ0) is 21.8. The highest BCUT2D eigenvalue weighted by molar-refractivity contribution is 8.01. The van der Waals surface area contributed by atoms with Crippen molar-refractivity contribution >= 4 is 40.9 Å². The highest BCUT2D eigenvalue weighted by Crippen LogP contribution is 2.42. The number of fused-ring (bicyclic) bond motifs is 1. The number of rotatable bonds is 6. The summed E-state index contributed by atoms with van der Waals surface area (Å²) in [4.78, 5) is 29.1. The van der Waals surface area contributed by atoms with Gasteiger partial charge in [0.1, 0.15) is 5.25 Å². The zero-order valence-electron chi connectivity index (χ0n) is 17.1. The summed E-state index contributed by atoms with van der Waals surface area (Å²) in [7, 11) is 0. The van der Waals surface area contributed by atoms with E-state index in [4.69, 9.17) is 11.6 Å². The minimum absolute atomic E-state index is 0.0639. The van der Waals surface area contributed by atoms with Crippen LogP contribution in [0, 0.1) is 5.92 Å². The van der Waals surface area contributed by atoms with Crippen LogP contribution in [0.25, 0.3) is 0 Å². The lowest BCUT2D eigenvalue weighted by Gasteiger charge is -2.35. The van der Waals surface area contributed by atoms with E-state index in [9.17, 15) is 9.59 Å². The summed E-state index contributed by atoms with van der Waals surface area (Å²) in [5.74, 6) is -0.667. The van der Waals surface area contributed by atoms with Crippen molar-refractivity contribution in [3.8, 4) is 0 Å². The number of para-hydroxylation sites is 1. The van der Waals surface area contributed by atoms with E-state index in [1.54, 1.807) is 4.90 Å². The number of anilines is 1. The lowest BCUT2D eigenvalue weighted by Crippen LogP contribution is -2.47. The van der Waals surface area contributed by atoms with Gasteiger partial charge in [0.25, 0.3) is 0 Å². The van der Waals surface area contributed by atoms with E-state index in [2.05, 4.69) is 5.32 Å². The van der Waals surface area contributed by atoms with Crippen molar-refractivity contribution in [2.75, 3.05) is 4.90 Å². The molecule has 3 aromatic carbocycles. The van der Waals surface area contributed by atoms with Crippen molar-refractivity contribution in [3.05, 3.63) is 95.0 Å². The Bertz CT molecular complexity index is 1090. The predicted octanol–water partition coefficient (Wildman–Crippen LogP) is 5.30. The van der Waals surface area contributed by atoms with Gasteiger partial charge in [0.05, 0.1) is 18.2 Å². The maximum atomic E-state index is 13.5. The van der Waals surface area contributed by atoms with Crippen LogP contribution in [0.5, 0.6) is 0 Å². The number of nitrogens with zero attached hydrogens (tertiary/aromatic N) is 1. The van der Waals surface area contributed by atoms with Gasteiger partial charge in [0, 0.05) is 16.5 Å². The van der Waals surface area contributed by atoms with Gasteiger partial charge < -0.3 is 10.2 Å². The molecule has 0 radical (unpaired) electrons. The molecule has 31 heavy (non-hydrogen) atoms. The Hall–Kier alpha value is -2.76. The average Bonchev–Trinajstić information content (AvgIpc) is 2.79. The van der Waals surface area contributed by atoms with Crippen molar-refractivity contribution in [2.24, 2.45) is 5.92 Å². The first-order valence-electron chi connectivity index (χ1n) is 10.2. The summed E-state index contributed by atoms with van der Waals surface area (Å²) in [6, 6.07) is 25.1. The van der Waals surface area contributed by atoms with E-state index < -0.39 is 11.2 Å². The largest absolute Gasteiger partial charge is 0.352 e. The number of halogens is 1. The SMILES string of the molecule is C[C@H](C(=O)NCc1ccccc1)[C@@H]1Sc2ccccc2N(Cc2cccc(Cl)c2)C1=O. The summed E-state index contributed by atoms with van der Waals surface area (Å²) < 4.78 is 0. The van der Waals surface area contributed by atoms with Crippen LogP contribution in [-0.2, 0) is 22.7 Å². The lowest BCUT2D eigenvalue weighted by molar-refractivity contribution is -0.128. The topological polar surface area (TPSA) is 49.4 Å². The number of hydrogen-bond acceptors (Lipinski definition) is 3. The molecule has 0 spiro atoms. The normalized spacial score (nSPS) is 16.5. The Labute approximate surface area is 191 Å². The third kappa shape index (κ3) is 4.94. The number of hydrogen-bond donors (Lipinski definition) is 1. The summed E-state index contributed by atoms with van der Waals surface area (Å²) in [5, 5.41) is 3.11. The van der Waals surface area contributed by atoms with Gasteiger partial charge in [0.2, 0.25) is 11.8 Å². The maximum Gasteiger partial charge on any atom is 0.241 e. The molecule has 1 aliphatic rings. The Morgan fingerprint density at radius 3 is 2.52 bits per heavy atom. The first-order valence-corrected chi connectivity index (χ1v) is 11.4. The second kappa shape index (κ2) is 9.58. The minimum atomic E-state index is -0.496. The number of carbonyl (C=O) groups excluding carboxylic acids is 2. The summed E-state index contributed by atoms with van der Waals surface area (Å²) in [6.45, 7) is 2.67. The van der Waals surface area contributed by atoms with Gasteiger partial charge in [-0.25, -0.2) is 0 Å². The first kappa shape index (κ1) is 21.5. The lowest BCUT2D eigenvalue weighted by atomic mass is 10.0. The molecule has 158 valence electrons. The minimum Gasteiger partial charge on any atom is -0.352 e. The van der Waals surface area contributed by atoms with E-state index in [1.165, 1.54) is 11.8 Å². The molecule has 0 saturated carbocycles. The molecular formula is C25H23ClN2O2S. The van der Waals surface area contributed by atoms with Crippen LogP contribution >= 0.6 is 23.4 Å². The van der Waals surface area contributed by atoms with Gasteiger partial charge in [-0.05, 0) is 35.4 Å². The number of nitrogens with one attached hydrogen (secondary N) is 1. The molecule has 0 unspecified atom stereocenters. The van der Waals surface area contributed by atoms with Gasteiger partial charge in [-0.3, -0.25) is 9.59 Å². The third-order valence-electron chi connectivity index (χ3n) is 5.33. The molecule has 0 aliphatic carbocycles. The summed E-state index contributed by atoms with van der Waals surface area (Å²) in [6.07, 6.45) is 0. The van der Waals surface area contributed by atoms with Gasteiger partial charge >= 0.3 is 0 Å². The van der Waals surface area contributed by atoms with E-state index in [1.807, 2.05) is 85.8 Å². The summed E-state index contributed by atoms with van der Waals surface area (Å²) in [5.41, 5.74) is 2.84. The number of amides is 2. The fraction of sp³-hybridized carbons (Fsp3) is 0.200. The highest BCUT2D eigenvalue weighted by atomic mass is 35.5. The third-order valence-corrected chi connectivity index (χ3v) is 7.02. The van der Waals surface area contributed by atoms with E-state index in [0.29, 0.717) is 18.1 Å². The van der Waals surface area contributed by atoms with Crippen molar-refractivity contribution in [2.45, 2.75) is 30.2 Å².